The molecule has 1 aromatic carbocycles. The van der Waals surface area contributed by atoms with Gasteiger partial charge in [0.25, 0.3) is 0 Å². The number of carbonyl (C=O) groups is 1. The van der Waals surface area contributed by atoms with Crippen molar-refractivity contribution < 1.29 is 4.79 Å². The Bertz CT molecular complexity index is 807. The average Bonchev–Trinajstić information content (AvgIpc) is 3.12. The van der Waals surface area contributed by atoms with Crippen molar-refractivity contribution in [2.75, 3.05) is 6.54 Å². The molecule has 0 fully saturated rings. The lowest BCUT2D eigenvalue weighted by atomic mass is 10.2. The largest absolute Gasteiger partial charge is 0.356 e. The lowest BCUT2D eigenvalue weighted by molar-refractivity contribution is -0.121. The van der Waals surface area contributed by atoms with Crippen LogP contribution in [0.5, 0.6) is 0 Å². The Morgan fingerprint density at radius 1 is 1.35 bits per heavy atom. The van der Waals surface area contributed by atoms with Gasteiger partial charge in [0.2, 0.25) is 5.91 Å². The van der Waals surface area contributed by atoms with Gasteiger partial charge in [-0.25, -0.2) is 4.98 Å². The maximum Gasteiger partial charge on any atom is 0.220 e. The third kappa shape index (κ3) is 3.74. The van der Waals surface area contributed by atoms with Crippen molar-refractivity contribution >= 4 is 33.8 Å². The second-order valence-electron chi connectivity index (χ2n) is 5.36. The molecule has 0 radical (unpaired) electrons. The maximum atomic E-state index is 11.7. The van der Waals surface area contributed by atoms with E-state index >= 15 is 0 Å². The molecule has 0 bridgehead atoms. The van der Waals surface area contributed by atoms with Crippen LogP contribution in [0.3, 0.4) is 0 Å². The zero-order chi connectivity index (χ0) is 16.2. The molecule has 23 heavy (non-hydrogen) atoms. The summed E-state index contributed by atoms with van der Waals surface area (Å²) in [6.07, 6.45) is 4.20. The molecule has 1 N–H and O–H groups in total. The lowest BCUT2D eigenvalue weighted by Crippen LogP contribution is -2.24. The molecular formula is C17H18ClN3OS. The summed E-state index contributed by atoms with van der Waals surface area (Å²) in [6, 6.07) is 7.66. The second kappa shape index (κ2) is 7.15. The predicted octanol–water partition coefficient (Wildman–Crippen LogP) is 4.18. The van der Waals surface area contributed by atoms with Crippen molar-refractivity contribution in [1.82, 2.24) is 14.7 Å². The van der Waals surface area contributed by atoms with Gasteiger partial charge in [-0.1, -0.05) is 30.7 Å². The van der Waals surface area contributed by atoms with Gasteiger partial charge in [-0.2, -0.15) is 0 Å². The molecule has 0 spiro atoms. The highest BCUT2D eigenvalue weighted by molar-refractivity contribution is 7.15. The number of carbonyl (C=O) groups excluding carboxylic acids is 1. The van der Waals surface area contributed by atoms with E-state index in [1.165, 1.54) is 0 Å². The third-order valence-electron chi connectivity index (χ3n) is 3.60. The molecule has 0 atom stereocenters. The highest BCUT2D eigenvalue weighted by Crippen LogP contribution is 2.25. The van der Waals surface area contributed by atoms with Crippen LogP contribution in [0, 0.1) is 0 Å². The number of thiazole rings is 1. The number of fused-ring (bicyclic) bond motifs is 1. The zero-order valence-corrected chi connectivity index (χ0v) is 14.5. The van der Waals surface area contributed by atoms with Gasteiger partial charge in [-0.15, -0.1) is 11.3 Å². The summed E-state index contributed by atoms with van der Waals surface area (Å²) >= 11 is 7.52. The number of nitrogens with zero attached hydrogens (tertiary/aromatic N) is 2. The topological polar surface area (TPSA) is 46.4 Å². The molecule has 0 aliphatic heterocycles. The molecule has 0 saturated carbocycles. The molecule has 3 aromatic rings. The second-order valence-corrected chi connectivity index (χ2v) is 6.64. The number of hydrogen-bond acceptors (Lipinski definition) is 3. The van der Waals surface area contributed by atoms with E-state index in [1.807, 2.05) is 37.4 Å². The number of aryl methyl sites for hydroxylation is 1. The summed E-state index contributed by atoms with van der Waals surface area (Å²) in [5.74, 6) is 0.101. The van der Waals surface area contributed by atoms with E-state index in [9.17, 15) is 4.79 Å². The van der Waals surface area contributed by atoms with Crippen molar-refractivity contribution in [2.24, 2.45) is 0 Å². The summed E-state index contributed by atoms with van der Waals surface area (Å²) in [5, 5.41) is 5.69. The SMILES string of the molecule is CCCNC(=O)CCc1csc2nc(-c3ccc(Cl)cc3)cn12. The van der Waals surface area contributed by atoms with Crippen molar-refractivity contribution in [3.8, 4) is 11.3 Å². The minimum absolute atomic E-state index is 0.101. The van der Waals surface area contributed by atoms with Crippen LogP contribution in [0.25, 0.3) is 16.2 Å². The number of nitrogens with one attached hydrogen (secondary N) is 1. The monoisotopic (exact) mass is 347 g/mol. The fraction of sp³-hybridized carbons (Fsp3) is 0.294. The highest BCUT2D eigenvalue weighted by atomic mass is 35.5. The fourth-order valence-electron chi connectivity index (χ4n) is 2.36. The summed E-state index contributed by atoms with van der Waals surface area (Å²) in [5.41, 5.74) is 3.08. The molecule has 0 aliphatic carbocycles. The summed E-state index contributed by atoms with van der Waals surface area (Å²) in [7, 11) is 0. The number of aromatic nitrogens is 2. The van der Waals surface area contributed by atoms with Crippen LogP contribution in [0.2, 0.25) is 5.02 Å². The normalized spacial score (nSPS) is 11.0. The van der Waals surface area contributed by atoms with Gasteiger partial charge in [0.15, 0.2) is 4.96 Å². The number of benzene rings is 1. The predicted molar refractivity (Wildman–Crippen MR) is 95.1 cm³/mol. The minimum Gasteiger partial charge on any atom is -0.356 e. The van der Waals surface area contributed by atoms with E-state index in [4.69, 9.17) is 11.6 Å². The first-order chi connectivity index (χ1) is 11.2. The van der Waals surface area contributed by atoms with E-state index < -0.39 is 0 Å². The average molecular weight is 348 g/mol. The number of rotatable bonds is 6. The van der Waals surface area contributed by atoms with E-state index in [0.29, 0.717) is 17.9 Å². The lowest BCUT2D eigenvalue weighted by Gasteiger charge is -2.02. The van der Waals surface area contributed by atoms with Crippen LogP contribution in [-0.2, 0) is 11.2 Å². The molecule has 0 aliphatic rings. The molecular weight excluding hydrogens is 330 g/mol. The first kappa shape index (κ1) is 16.0. The molecule has 0 saturated heterocycles. The van der Waals surface area contributed by atoms with E-state index in [-0.39, 0.29) is 5.91 Å². The maximum absolute atomic E-state index is 11.7. The van der Waals surface area contributed by atoms with Crippen LogP contribution < -0.4 is 5.32 Å². The molecule has 2 aromatic heterocycles. The molecule has 2 heterocycles. The Kier molecular flexibility index (Phi) is 4.98. The standard InChI is InChI=1S/C17H18ClN3OS/c1-2-9-19-16(22)8-7-14-11-23-17-20-15(10-21(14)17)12-3-5-13(18)6-4-12/h3-6,10-11H,2,7-9H2,1H3,(H,19,22). The molecule has 3 rings (SSSR count). The number of amides is 1. The first-order valence-corrected chi connectivity index (χ1v) is 8.91. The minimum atomic E-state index is 0.101. The van der Waals surface area contributed by atoms with E-state index in [2.05, 4.69) is 20.1 Å². The van der Waals surface area contributed by atoms with Crippen molar-refractivity contribution in [2.45, 2.75) is 26.2 Å². The zero-order valence-electron chi connectivity index (χ0n) is 12.9. The van der Waals surface area contributed by atoms with Gasteiger partial charge < -0.3 is 5.32 Å². The molecule has 120 valence electrons. The van der Waals surface area contributed by atoms with Crippen molar-refractivity contribution in [3.05, 3.63) is 46.6 Å². The Morgan fingerprint density at radius 3 is 2.87 bits per heavy atom. The fourth-order valence-corrected chi connectivity index (χ4v) is 3.40. The summed E-state index contributed by atoms with van der Waals surface area (Å²) in [6.45, 7) is 2.79. The van der Waals surface area contributed by atoms with Crippen LogP contribution in [0.1, 0.15) is 25.5 Å². The van der Waals surface area contributed by atoms with Crippen molar-refractivity contribution in [3.63, 3.8) is 0 Å². The van der Waals surface area contributed by atoms with Crippen molar-refractivity contribution in [1.29, 1.82) is 0 Å². The molecule has 4 nitrogen and oxygen atoms in total. The van der Waals surface area contributed by atoms with E-state index in [0.717, 1.165) is 34.9 Å². The Labute approximate surface area is 144 Å². The highest BCUT2D eigenvalue weighted by Gasteiger charge is 2.11. The molecule has 6 heteroatoms. The van der Waals surface area contributed by atoms with Gasteiger partial charge in [-0.05, 0) is 25.0 Å². The van der Waals surface area contributed by atoms with Gasteiger partial charge in [0, 0.05) is 40.8 Å². The van der Waals surface area contributed by atoms with Crippen LogP contribution >= 0.6 is 22.9 Å². The van der Waals surface area contributed by atoms with Gasteiger partial charge in [0.05, 0.1) is 5.69 Å². The first-order valence-electron chi connectivity index (χ1n) is 7.65. The Morgan fingerprint density at radius 2 is 2.13 bits per heavy atom. The third-order valence-corrected chi connectivity index (χ3v) is 4.74. The van der Waals surface area contributed by atoms with Gasteiger partial charge in [0.1, 0.15) is 0 Å². The van der Waals surface area contributed by atoms with E-state index in [1.54, 1.807) is 11.3 Å². The van der Waals surface area contributed by atoms with Gasteiger partial charge in [-0.3, -0.25) is 9.20 Å². The quantitative estimate of drug-likeness (QED) is 0.727. The Balaban J connectivity index is 1.75. The van der Waals surface area contributed by atoms with Crippen LogP contribution in [0.4, 0.5) is 0 Å². The molecule has 1 amide bonds. The Hall–Kier alpha value is -1.85. The number of halogens is 1. The number of hydrogen-bond donors (Lipinski definition) is 1. The smallest absolute Gasteiger partial charge is 0.220 e. The molecule has 0 unspecified atom stereocenters. The van der Waals surface area contributed by atoms with Crippen LogP contribution in [0.15, 0.2) is 35.8 Å². The van der Waals surface area contributed by atoms with Crippen LogP contribution in [-0.4, -0.2) is 21.8 Å². The summed E-state index contributed by atoms with van der Waals surface area (Å²) in [4.78, 5) is 17.3. The number of imidazole rings is 1. The summed E-state index contributed by atoms with van der Waals surface area (Å²) < 4.78 is 2.07. The van der Waals surface area contributed by atoms with Gasteiger partial charge >= 0.3 is 0 Å².